The number of aryl methyl sites for hydroxylation is 1. The average Bonchev–Trinajstić information content (AvgIpc) is 3.35. The minimum Gasteiger partial charge on any atom is -0.394 e. The van der Waals surface area contributed by atoms with Crippen molar-refractivity contribution in [3.8, 4) is 0 Å². The van der Waals surface area contributed by atoms with Crippen molar-refractivity contribution in [2.24, 2.45) is 10.4 Å². The molecule has 5 N–H and O–H groups in total. The molecule has 0 aromatic carbocycles. The minimum absolute atomic E-state index is 0. The first-order chi connectivity index (χ1) is 20.2. The van der Waals surface area contributed by atoms with Crippen molar-refractivity contribution < 1.29 is 41.6 Å². The summed E-state index contributed by atoms with van der Waals surface area (Å²) < 4.78 is 6.65. The maximum atomic E-state index is 12.3. The molecule has 2 aliphatic heterocycles. The summed E-state index contributed by atoms with van der Waals surface area (Å²) in [5, 5.41) is 24.7. The fraction of sp³-hybridized carbons (Fsp3) is 0.517. The Morgan fingerprint density at radius 1 is 1.19 bits per heavy atom. The van der Waals surface area contributed by atoms with Gasteiger partial charge in [-0.1, -0.05) is 19.1 Å². The van der Waals surface area contributed by atoms with Crippen molar-refractivity contribution in [1.29, 1.82) is 0 Å². The number of carbonyl (C=O) groups excluding carboxylic acids is 2. The molecule has 0 aliphatic carbocycles. The maximum Gasteiger partial charge on any atom is 2.00 e. The second-order valence-corrected chi connectivity index (χ2v) is 10.9. The van der Waals surface area contributed by atoms with Crippen LogP contribution in [0.2, 0.25) is 0 Å². The van der Waals surface area contributed by atoms with Gasteiger partial charge in [-0.05, 0) is 36.8 Å². The summed E-state index contributed by atoms with van der Waals surface area (Å²) in [6.07, 6.45) is 7.17. The van der Waals surface area contributed by atoms with E-state index in [0.29, 0.717) is 12.8 Å². The molecule has 0 saturated carbocycles. The molecule has 43 heavy (non-hydrogen) atoms. The van der Waals surface area contributed by atoms with Gasteiger partial charge in [0.2, 0.25) is 11.8 Å². The summed E-state index contributed by atoms with van der Waals surface area (Å²) in [6, 6.07) is 5.75. The van der Waals surface area contributed by atoms with E-state index in [-0.39, 0.29) is 72.2 Å². The van der Waals surface area contributed by atoms with Gasteiger partial charge in [-0.25, -0.2) is 4.79 Å². The number of allylic oxidation sites excluding steroid dienone is 1. The largest absolute Gasteiger partial charge is 2.00 e. The first-order valence-electron chi connectivity index (χ1n) is 14.2. The van der Waals surface area contributed by atoms with Crippen LogP contribution in [0.15, 0.2) is 57.5 Å². The third-order valence-corrected chi connectivity index (χ3v) is 7.52. The summed E-state index contributed by atoms with van der Waals surface area (Å²) in [6.45, 7) is 2.26. The van der Waals surface area contributed by atoms with E-state index in [1.165, 1.54) is 6.20 Å². The van der Waals surface area contributed by atoms with Crippen molar-refractivity contribution in [3.05, 3.63) is 75.0 Å². The van der Waals surface area contributed by atoms with Crippen LogP contribution in [0.1, 0.15) is 62.9 Å². The van der Waals surface area contributed by atoms with Gasteiger partial charge in [0.25, 0.3) is 5.56 Å². The van der Waals surface area contributed by atoms with Crippen LogP contribution in [0, 0.1) is 5.41 Å². The van der Waals surface area contributed by atoms with Gasteiger partial charge < -0.3 is 25.6 Å². The van der Waals surface area contributed by atoms with Crippen molar-refractivity contribution in [3.63, 3.8) is 0 Å². The van der Waals surface area contributed by atoms with Crippen LogP contribution in [-0.4, -0.2) is 74.2 Å². The Kier molecular flexibility index (Phi) is 12.6. The van der Waals surface area contributed by atoms with E-state index >= 15 is 0 Å². The van der Waals surface area contributed by atoms with Crippen LogP contribution in [0.25, 0.3) is 0 Å². The molecule has 1 fully saturated rings. The molecule has 2 aromatic rings. The summed E-state index contributed by atoms with van der Waals surface area (Å²) >= 11 is 0. The minimum atomic E-state index is -0.938. The van der Waals surface area contributed by atoms with Gasteiger partial charge in [0.15, 0.2) is 0 Å². The average molecular weight is 646 g/mol. The van der Waals surface area contributed by atoms with E-state index in [2.05, 4.69) is 38.6 Å². The molecule has 4 atom stereocenters. The van der Waals surface area contributed by atoms with E-state index in [0.717, 1.165) is 28.8 Å². The van der Waals surface area contributed by atoms with E-state index in [1.54, 1.807) is 6.20 Å². The Bertz CT molecular complexity index is 1430. The van der Waals surface area contributed by atoms with Gasteiger partial charge in [-0.2, -0.15) is 0 Å². The Morgan fingerprint density at radius 3 is 2.60 bits per heavy atom. The van der Waals surface area contributed by atoms with Crippen LogP contribution in [0.5, 0.6) is 0 Å². The van der Waals surface area contributed by atoms with E-state index in [4.69, 9.17) is 4.74 Å². The predicted molar refractivity (Wildman–Crippen MR) is 154 cm³/mol. The summed E-state index contributed by atoms with van der Waals surface area (Å²) in [7, 11) is 0. The number of amides is 2. The van der Waals surface area contributed by atoms with E-state index in [9.17, 15) is 29.4 Å². The van der Waals surface area contributed by atoms with Crippen LogP contribution in [0.4, 0.5) is 0 Å². The SMILES string of the molecule is CC1(CCCC(=O)NCCNC(=O)CCc2cn([C@H]3C[C@H](O)[C@@H](CO)O3)c(=O)[nH]c2=O)C=CN=C(c2ccccn2)C1.[Cu+2]. The van der Waals surface area contributed by atoms with E-state index < -0.39 is 36.3 Å². The van der Waals surface area contributed by atoms with Gasteiger partial charge in [-0.3, -0.25) is 33.9 Å². The smallest absolute Gasteiger partial charge is 0.394 e. The van der Waals surface area contributed by atoms with Crippen molar-refractivity contribution in [1.82, 2.24) is 25.2 Å². The first kappa shape index (κ1) is 34.1. The molecule has 14 heteroatoms. The summed E-state index contributed by atoms with van der Waals surface area (Å²) in [4.78, 5) is 60.2. The third kappa shape index (κ3) is 9.53. The molecule has 235 valence electrons. The second kappa shape index (κ2) is 15.9. The van der Waals surface area contributed by atoms with Gasteiger partial charge in [0.1, 0.15) is 12.3 Å². The fourth-order valence-corrected chi connectivity index (χ4v) is 5.11. The third-order valence-electron chi connectivity index (χ3n) is 7.52. The first-order valence-corrected chi connectivity index (χ1v) is 14.2. The molecule has 2 aliphatic rings. The van der Waals surface area contributed by atoms with Gasteiger partial charge >= 0.3 is 22.8 Å². The molecule has 13 nitrogen and oxygen atoms in total. The Balaban J connectivity index is 0.00000506. The number of hydrogen-bond acceptors (Lipinski definition) is 9. The van der Waals surface area contributed by atoms with Gasteiger partial charge in [0.05, 0.1) is 24.1 Å². The van der Waals surface area contributed by atoms with Crippen molar-refractivity contribution in [2.45, 2.75) is 70.3 Å². The van der Waals surface area contributed by atoms with Crippen molar-refractivity contribution >= 4 is 17.5 Å². The molecule has 1 saturated heterocycles. The molecule has 0 spiro atoms. The number of hydrogen-bond donors (Lipinski definition) is 5. The molecule has 1 unspecified atom stereocenters. The zero-order valence-electron chi connectivity index (χ0n) is 23.9. The van der Waals surface area contributed by atoms with Crippen molar-refractivity contribution in [2.75, 3.05) is 19.7 Å². The molecule has 2 aromatic heterocycles. The zero-order valence-corrected chi connectivity index (χ0v) is 24.9. The Hall–Kier alpha value is -3.42. The monoisotopic (exact) mass is 645 g/mol. The van der Waals surface area contributed by atoms with Crippen LogP contribution >= 0.6 is 0 Å². The van der Waals surface area contributed by atoms with Gasteiger partial charge in [-0.15, -0.1) is 0 Å². The number of carbonyl (C=O) groups is 2. The van der Waals surface area contributed by atoms with Gasteiger partial charge in [0, 0.05) is 62.9 Å². The maximum absolute atomic E-state index is 12.3. The number of aliphatic imine (C=N–C) groups is 1. The number of H-pyrrole nitrogens is 1. The molecular weight excluding hydrogens is 608 g/mol. The number of aromatic amines is 1. The number of ether oxygens (including phenoxy) is 1. The fourth-order valence-electron chi connectivity index (χ4n) is 5.11. The number of pyridine rings is 1. The zero-order chi connectivity index (χ0) is 30.1. The normalized spacial score (nSPS) is 22.9. The topological polar surface area (TPSA) is 188 Å². The molecular formula is C29H38CuN6O7+2. The molecule has 2 amide bonds. The number of aromatic nitrogens is 3. The van der Waals surface area contributed by atoms with E-state index in [1.807, 2.05) is 24.4 Å². The Labute approximate surface area is 259 Å². The van der Waals surface area contributed by atoms with Crippen LogP contribution in [0.3, 0.4) is 0 Å². The van der Waals surface area contributed by atoms with Crippen LogP contribution in [-0.2, 0) is 37.8 Å². The molecule has 1 radical (unpaired) electrons. The Morgan fingerprint density at radius 2 is 1.93 bits per heavy atom. The molecule has 4 rings (SSSR count). The standard InChI is InChI=1S/C29H38N6O7.Cu/c1-29(10-12-31-21(16-29)20-5-2-3-11-30-20)9-4-6-24(38)32-13-14-33-25(39)8-7-19-17-35(28(41)34-27(19)40)26-15-22(37)23(18-36)42-26;/h2-3,5,10-12,17,22-23,26,36-37H,4,6-9,13-16,18H2,1H3,(H,32,38)(H,33,39)(H,34,40,41);/q;+2/t22-,23+,26+,29?;/m0./s1. The molecule has 0 bridgehead atoms. The van der Waals surface area contributed by atoms with Crippen LogP contribution < -0.4 is 21.9 Å². The quantitative estimate of drug-likeness (QED) is 0.152. The summed E-state index contributed by atoms with van der Waals surface area (Å²) in [5.41, 5.74) is 0.596. The second-order valence-electron chi connectivity index (χ2n) is 10.9. The number of nitrogens with zero attached hydrogens (tertiary/aromatic N) is 3. The predicted octanol–water partition coefficient (Wildman–Crippen LogP) is 0.318. The summed E-state index contributed by atoms with van der Waals surface area (Å²) in [5.74, 6) is -0.403. The number of rotatable bonds is 13. The molecule has 4 heterocycles. The number of aliphatic hydroxyl groups is 2. The number of aliphatic hydroxyl groups excluding tert-OH is 2. The number of nitrogens with one attached hydrogen (secondary N) is 3.